The lowest BCUT2D eigenvalue weighted by atomic mass is 10.0. The molecular formula is C21H25FN2O4S. The molecule has 29 heavy (non-hydrogen) atoms. The van der Waals surface area contributed by atoms with Crippen molar-refractivity contribution in [3.63, 3.8) is 0 Å². The van der Waals surface area contributed by atoms with E-state index in [1.807, 2.05) is 6.92 Å². The van der Waals surface area contributed by atoms with Crippen LogP contribution in [0.2, 0.25) is 0 Å². The van der Waals surface area contributed by atoms with Crippen molar-refractivity contribution in [3.8, 4) is 0 Å². The minimum Gasteiger partial charge on any atom is -0.460 e. The van der Waals surface area contributed by atoms with Gasteiger partial charge in [0.15, 0.2) is 0 Å². The Morgan fingerprint density at radius 1 is 1.28 bits per heavy atom. The molecule has 0 bridgehead atoms. The number of esters is 1. The fourth-order valence-corrected chi connectivity index (χ4v) is 5.04. The van der Waals surface area contributed by atoms with Crippen molar-refractivity contribution in [3.05, 3.63) is 53.6 Å². The second-order valence-electron chi connectivity index (χ2n) is 8.22. The Labute approximate surface area is 170 Å². The summed E-state index contributed by atoms with van der Waals surface area (Å²) in [5.41, 5.74) is 1.08. The number of carbonyl (C=O) groups excluding carboxylic acids is 1. The molecule has 1 aliphatic heterocycles. The van der Waals surface area contributed by atoms with Crippen LogP contribution < -0.4 is 4.31 Å². The first-order valence-corrected chi connectivity index (χ1v) is 10.9. The molecule has 6 nitrogen and oxygen atoms in total. The van der Waals surface area contributed by atoms with Crippen LogP contribution >= 0.6 is 0 Å². The highest BCUT2D eigenvalue weighted by molar-refractivity contribution is 7.92. The van der Waals surface area contributed by atoms with Gasteiger partial charge in [-0.15, -0.1) is 0 Å². The van der Waals surface area contributed by atoms with Gasteiger partial charge in [-0.05, 0) is 76.4 Å². The van der Waals surface area contributed by atoms with E-state index < -0.39 is 27.4 Å². The van der Waals surface area contributed by atoms with E-state index >= 15 is 0 Å². The molecule has 1 aromatic carbocycles. The fourth-order valence-electron chi connectivity index (χ4n) is 3.33. The Morgan fingerprint density at radius 2 is 1.93 bits per heavy atom. The standard InChI is InChI=1S/C21H25FN2O4S/c1-14-5-10-18-19(11-15(13-23-18)12-20(25)28-21(2,3)4)24(14)29(26,27)17-8-6-16(22)7-9-17/h6-9,11,13-14H,5,10,12H2,1-4H3. The molecule has 1 aromatic heterocycles. The zero-order valence-electron chi connectivity index (χ0n) is 17.0. The molecule has 0 saturated carbocycles. The second kappa shape index (κ2) is 7.74. The van der Waals surface area contributed by atoms with E-state index in [-0.39, 0.29) is 17.4 Å². The lowest BCUT2D eigenvalue weighted by Crippen LogP contribution is -2.42. The van der Waals surface area contributed by atoms with Crippen LogP contribution in [-0.2, 0) is 32.4 Å². The van der Waals surface area contributed by atoms with Crippen LogP contribution in [0.1, 0.15) is 45.4 Å². The van der Waals surface area contributed by atoms with Gasteiger partial charge in [0, 0.05) is 12.2 Å². The van der Waals surface area contributed by atoms with E-state index in [1.54, 1.807) is 33.0 Å². The summed E-state index contributed by atoms with van der Waals surface area (Å²) in [7, 11) is -3.90. The van der Waals surface area contributed by atoms with Crippen LogP contribution in [0.5, 0.6) is 0 Å². The van der Waals surface area contributed by atoms with E-state index in [4.69, 9.17) is 4.74 Å². The lowest BCUT2D eigenvalue weighted by Gasteiger charge is -2.35. The molecular weight excluding hydrogens is 395 g/mol. The number of hydrogen-bond donors (Lipinski definition) is 0. The number of pyridine rings is 1. The van der Waals surface area contributed by atoms with Crippen LogP contribution in [0.4, 0.5) is 10.1 Å². The van der Waals surface area contributed by atoms with Gasteiger partial charge in [-0.1, -0.05) is 0 Å². The van der Waals surface area contributed by atoms with Crippen molar-refractivity contribution >= 4 is 21.7 Å². The number of ether oxygens (including phenoxy) is 1. The minimum absolute atomic E-state index is 0.00360. The molecule has 1 atom stereocenters. The summed E-state index contributed by atoms with van der Waals surface area (Å²) in [6.45, 7) is 7.18. The van der Waals surface area contributed by atoms with Gasteiger partial charge in [-0.2, -0.15) is 0 Å². The van der Waals surface area contributed by atoms with Crippen molar-refractivity contribution in [2.45, 2.75) is 63.5 Å². The van der Waals surface area contributed by atoms with Gasteiger partial charge in [0.1, 0.15) is 11.4 Å². The first-order valence-electron chi connectivity index (χ1n) is 9.47. The Kier molecular flexibility index (Phi) is 5.67. The third kappa shape index (κ3) is 4.75. The summed E-state index contributed by atoms with van der Waals surface area (Å²) in [5, 5.41) is 0. The molecule has 1 unspecified atom stereocenters. The Morgan fingerprint density at radius 3 is 2.55 bits per heavy atom. The topological polar surface area (TPSA) is 76.6 Å². The quantitative estimate of drug-likeness (QED) is 0.706. The van der Waals surface area contributed by atoms with Gasteiger partial charge < -0.3 is 4.74 Å². The summed E-state index contributed by atoms with van der Waals surface area (Å²) in [4.78, 5) is 16.6. The van der Waals surface area contributed by atoms with E-state index in [0.717, 1.165) is 12.1 Å². The Bertz CT molecular complexity index is 1010. The van der Waals surface area contributed by atoms with Crippen molar-refractivity contribution in [2.24, 2.45) is 0 Å². The van der Waals surface area contributed by atoms with Crippen LogP contribution in [-0.4, -0.2) is 31.0 Å². The molecule has 0 amide bonds. The first-order chi connectivity index (χ1) is 13.5. The molecule has 0 radical (unpaired) electrons. The van der Waals surface area contributed by atoms with Crippen molar-refractivity contribution in [1.29, 1.82) is 0 Å². The van der Waals surface area contributed by atoms with Crippen molar-refractivity contribution < 1.29 is 22.3 Å². The third-order valence-electron chi connectivity index (χ3n) is 4.58. The molecule has 0 aliphatic carbocycles. The number of carbonyl (C=O) groups is 1. The number of aryl methyl sites for hydroxylation is 1. The van der Waals surface area contributed by atoms with Crippen molar-refractivity contribution in [1.82, 2.24) is 4.98 Å². The molecule has 0 spiro atoms. The maximum atomic E-state index is 13.3. The monoisotopic (exact) mass is 420 g/mol. The fraction of sp³-hybridized carbons (Fsp3) is 0.429. The molecule has 156 valence electrons. The molecule has 2 heterocycles. The SMILES string of the molecule is CC1CCc2ncc(CC(=O)OC(C)(C)C)cc2N1S(=O)(=O)c1ccc(F)cc1. The zero-order chi connectivity index (χ0) is 21.4. The Hall–Kier alpha value is -2.48. The number of aromatic nitrogens is 1. The maximum absolute atomic E-state index is 13.3. The highest BCUT2D eigenvalue weighted by atomic mass is 32.2. The number of sulfonamides is 1. The number of halogens is 1. The highest BCUT2D eigenvalue weighted by Crippen LogP contribution is 2.35. The predicted octanol–water partition coefficient (Wildman–Crippen LogP) is 3.63. The van der Waals surface area contributed by atoms with Crippen LogP contribution in [0.3, 0.4) is 0 Å². The van der Waals surface area contributed by atoms with Crippen LogP contribution in [0.15, 0.2) is 41.4 Å². The van der Waals surface area contributed by atoms with Gasteiger partial charge in [0.2, 0.25) is 0 Å². The summed E-state index contributed by atoms with van der Waals surface area (Å²) >= 11 is 0. The van der Waals surface area contributed by atoms with E-state index in [9.17, 15) is 17.6 Å². The van der Waals surface area contributed by atoms with Gasteiger partial charge in [-0.3, -0.25) is 14.1 Å². The average molecular weight is 421 g/mol. The minimum atomic E-state index is -3.90. The first kappa shape index (κ1) is 21.2. The normalized spacial score (nSPS) is 17.0. The van der Waals surface area contributed by atoms with Gasteiger partial charge in [-0.25, -0.2) is 12.8 Å². The number of fused-ring (bicyclic) bond motifs is 1. The number of benzene rings is 1. The summed E-state index contributed by atoms with van der Waals surface area (Å²) in [6, 6.07) is 6.14. The molecule has 0 N–H and O–H groups in total. The number of anilines is 1. The average Bonchev–Trinajstić information content (AvgIpc) is 2.59. The predicted molar refractivity (Wildman–Crippen MR) is 108 cm³/mol. The maximum Gasteiger partial charge on any atom is 0.310 e. The van der Waals surface area contributed by atoms with E-state index in [0.29, 0.717) is 29.8 Å². The number of hydrogen-bond acceptors (Lipinski definition) is 5. The molecule has 2 aromatic rings. The molecule has 8 heteroatoms. The largest absolute Gasteiger partial charge is 0.460 e. The van der Waals surface area contributed by atoms with Gasteiger partial charge in [0.25, 0.3) is 10.0 Å². The zero-order valence-corrected chi connectivity index (χ0v) is 17.8. The van der Waals surface area contributed by atoms with E-state index in [2.05, 4.69) is 4.98 Å². The van der Waals surface area contributed by atoms with Crippen molar-refractivity contribution in [2.75, 3.05) is 4.31 Å². The summed E-state index contributed by atoms with van der Waals surface area (Å²) in [5.74, 6) is -0.909. The second-order valence-corrected chi connectivity index (χ2v) is 10.0. The van der Waals surface area contributed by atoms with Gasteiger partial charge in [0.05, 0.1) is 22.7 Å². The lowest BCUT2D eigenvalue weighted by molar-refractivity contribution is -0.153. The summed E-state index contributed by atoms with van der Waals surface area (Å²) in [6.07, 6.45) is 2.84. The number of nitrogens with zero attached hydrogens (tertiary/aromatic N) is 2. The van der Waals surface area contributed by atoms with Gasteiger partial charge >= 0.3 is 5.97 Å². The highest BCUT2D eigenvalue weighted by Gasteiger charge is 2.35. The Balaban J connectivity index is 1.97. The van der Waals surface area contributed by atoms with Crippen LogP contribution in [0.25, 0.3) is 0 Å². The van der Waals surface area contributed by atoms with E-state index in [1.165, 1.54) is 16.4 Å². The molecule has 1 aliphatic rings. The van der Waals surface area contributed by atoms with Crippen LogP contribution in [0, 0.1) is 5.82 Å². The molecule has 0 saturated heterocycles. The molecule has 3 rings (SSSR count). The summed E-state index contributed by atoms with van der Waals surface area (Å²) < 4.78 is 46.5. The third-order valence-corrected chi connectivity index (χ3v) is 6.52. The number of rotatable bonds is 4. The smallest absolute Gasteiger partial charge is 0.310 e. The molecule has 0 fully saturated rings.